The van der Waals surface area contributed by atoms with E-state index in [1.165, 1.54) is 6.07 Å². The molecule has 0 unspecified atom stereocenters. The molecule has 0 bridgehead atoms. The summed E-state index contributed by atoms with van der Waals surface area (Å²) in [7, 11) is 0. The monoisotopic (exact) mass is 214 g/mol. The van der Waals surface area contributed by atoms with E-state index in [2.05, 4.69) is 12.0 Å². The highest BCUT2D eigenvalue weighted by atomic mass is 32.2. The Hall–Kier alpha value is -0.970. The third-order valence-corrected chi connectivity index (χ3v) is 2.73. The number of aromatic nitrogens is 2. The van der Waals surface area contributed by atoms with Gasteiger partial charge in [0.1, 0.15) is 0 Å². The summed E-state index contributed by atoms with van der Waals surface area (Å²) in [5.74, 6) is 1.25. The predicted molar refractivity (Wildman–Crippen MR) is 56.8 cm³/mol. The quantitative estimate of drug-likeness (QED) is 0.733. The molecule has 1 heterocycles. The second-order valence-corrected chi connectivity index (χ2v) is 4.21. The minimum atomic E-state index is -0.966. The fraction of sp³-hybridized carbons (Fsp3) is 0.556. The van der Waals surface area contributed by atoms with E-state index < -0.39 is 5.97 Å². The molecule has 1 aromatic heterocycles. The van der Waals surface area contributed by atoms with Gasteiger partial charge in [-0.1, -0.05) is 6.92 Å². The molecule has 0 fully saturated rings. The van der Waals surface area contributed by atoms with Crippen molar-refractivity contribution in [2.24, 2.45) is 0 Å². The number of carboxylic acids is 1. The predicted octanol–water partition coefficient (Wildman–Crippen LogP) is 1.72. The summed E-state index contributed by atoms with van der Waals surface area (Å²) in [6.07, 6.45) is 2.74. The van der Waals surface area contributed by atoms with Crippen LogP contribution in [-0.4, -0.2) is 32.4 Å². The molecule has 1 aromatic rings. The Kier molecular flexibility index (Phi) is 4.52. The Labute approximate surface area is 87.3 Å². The second-order valence-electron chi connectivity index (χ2n) is 2.82. The lowest BCUT2D eigenvalue weighted by Crippen LogP contribution is -2.03. The lowest BCUT2D eigenvalue weighted by Gasteiger charge is -1.99. The lowest BCUT2D eigenvalue weighted by atomic mass is 10.4. The summed E-state index contributed by atoms with van der Waals surface area (Å²) in [6, 6.07) is 1.52. The smallest absolute Gasteiger partial charge is 0.356 e. The first-order valence-electron chi connectivity index (χ1n) is 4.58. The maximum absolute atomic E-state index is 10.5. The molecule has 0 aromatic carbocycles. The van der Waals surface area contributed by atoms with E-state index >= 15 is 0 Å². The maximum Gasteiger partial charge on any atom is 0.356 e. The van der Waals surface area contributed by atoms with Crippen LogP contribution in [0, 0.1) is 0 Å². The highest BCUT2D eigenvalue weighted by Gasteiger charge is 2.05. The summed E-state index contributed by atoms with van der Waals surface area (Å²) in [4.78, 5) is 10.5. The number of aryl methyl sites for hydroxylation is 1. The number of aromatic carboxylic acids is 1. The third kappa shape index (κ3) is 3.41. The number of carboxylic acid groups (broad SMARTS) is 1. The van der Waals surface area contributed by atoms with E-state index in [0.717, 1.165) is 24.5 Å². The SMILES string of the molecule is CCSCCCn1ccc(C(=O)O)n1. The van der Waals surface area contributed by atoms with Crippen LogP contribution < -0.4 is 0 Å². The number of hydrogen-bond acceptors (Lipinski definition) is 3. The molecule has 0 saturated heterocycles. The molecule has 14 heavy (non-hydrogen) atoms. The molecule has 0 saturated carbocycles. The highest BCUT2D eigenvalue weighted by molar-refractivity contribution is 7.99. The van der Waals surface area contributed by atoms with Crippen LogP contribution in [0.25, 0.3) is 0 Å². The van der Waals surface area contributed by atoms with Crippen LogP contribution in [0.3, 0.4) is 0 Å². The molecule has 78 valence electrons. The Morgan fingerprint density at radius 1 is 1.71 bits per heavy atom. The van der Waals surface area contributed by atoms with Crippen molar-refractivity contribution in [1.82, 2.24) is 9.78 Å². The molecule has 0 amide bonds. The Morgan fingerprint density at radius 3 is 3.07 bits per heavy atom. The first-order valence-corrected chi connectivity index (χ1v) is 5.74. The van der Waals surface area contributed by atoms with Crippen molar-refractivity contribution in [3.63, 3.8) is 0 Å². The zero-order valence-electron chi connectivity index (χ0n) is 8.14. The van der Waals surface area contributed by atoms with Crippen LogP contribution >= 0.6 is 11.8 Å². The average Bonchev–Trinajstić information content (AvgIpc) is 2.61. The first kappa shape index (κ1) is 11.1. The summed E-state index contributed by atoms with van der Waals surface area (Å²) < 4.78 is 1.68. The third-order valence-electron chi connectivity index (χ3n) is 1.74. The van der Waals surface area contributed by atoms with Crippen molar-refractivity contribution < 1.29 is 9.90 Å². The van der Waals surface area contributed by atoms with E-state index in [1.807, 2.05) is 11.8 Å². The van der Waals surface area contributed by atoms with Gasteiger partial charge in [0, 0.05) is 12.7 Å². The molecule has 5 heteroatoms. The van der Waals surface area contributed by atoms with Crippen LogP contribution in [0.15, 0.2) is 12.3 Å². The first-order chi connectivity index (χ1) is 6.74. The van der Waals surface area contributed by atoms with Crippen molar-refractivity contribution in [2.75, 3.05) is 11.5 Å². The van der Waals surface area contributed by atoms with Crippen molar-refractivity contribution in [3.05, 3.63) is 18.0 Å². The maximum atomic E-state index is 10.5. The van der Waals surface area contributed by atoms with Crippen molar-refractivity contribution in [2.45, 2.75) is 19.9 Å². The zero-order chi connectivity index (χ0) is 10.4. The number of nitrogens with zero attached hydrogens (tertiary/aromatic N) is 2. The van der Waals surface area contributed by atoms with Crippen molar-refractivity contribution in [1.29, 1.82) is 0 Å². The molecule has 1 rings (SSSR count). The van der Waals surface area contributed by atoms with Crippen LogP contribution in [-0.2, 0) is 6.54 Å². The molecule has 0 atom stereocenters. The van der Waals surface area contributed by atoms with Gasteiger partial charge in [0.25, 0.3) is 0 Å². The molecule has 0 spiro atoms. The second kappa shape index (κ2) is 5.70. The van der Waals surface area contributed by atoms with Gasteiger partial charge in [-0.15, -0.1) is 0 Å². The van der Waals surface area contributed by atoms with Gasteiger partial charge >= 0.3 is 5.97 Å². The van der Waals surface area contributed by atoms with E-state index in [9.17, 15) is 4.79 Å². The van der Waals surface area contributed by atoms with Gasteiger partial charge in [0.2, 0.25) is 0 Å². The number of thioether (sulfide) groups is 1. The van der Waals surface area contributed by atoms with Gasteiger partial charge in [-0.3, -0.25) is 4.68 Å². The van der Waals surface area contributed by atoms with Gasteiger partial charge in [-0.05, 0) is 24.0 Å². The molecule has 0 radical (unpaired) electrons. The van der Waals surface area contributed by atoms with E-state index in [-0.39, 0.29) is 5.69 Å². The van der Waals surface area contributed by atoms with E-state index in [0.29, 0.717) is 0 Å². The molecule has 0 aliphatic rings. The lowest BCUT2D eigenvalue weighted by molar-refractivity contribution is 0.0689. The fourth-order valence-corrected chi connectivity index (χ4v) is 1.70. The normalized spacial score (nSPS) is 10.4. The van der Waals surface area contributed by atoms with Gasteiger partial charge in [-0.2, -0.15) is 16.9 Å². The van der Waals surface area contributed by atoms with Gasteiger partial charge in [0.15, 0.2) is 5.69 Å². The van der Waals surface area contributed by atoms with Crippen LogP contribution in [0.2, 0.25) is 0 Å². The molecule has 4 nitrogen and oxygen atoms in total. The van der Waals surface area contributed by atoms with Crippen LogP contribution in [0.4, 0.5) is 0 Å². The molecular weight excluding hydrogens is 200 g/mol. The van der Waals surface area contributed by atoms with Crippen LogP contribution in [0.5, 0.6) is 0 Å². The molecule has 0 aliphatic carbocycles. The molecule has 0 aliphatic heterocycles. The average molecular weight is 214 g/mol. The number of carbonyl (C=O) groups is 1. The Bertz CT molecular complexity index is 299. The van der Waals surface area contributed by atoms with Crippen molar-refractivity contribution >= 4 is 17.7 Å². The Balaban J connectivity index is 2.33. The van der Waals surface area contributed by atoms with Gasteiger partial charge < -0.3 is 5.11 Å². The minimum absolute atomic E-state index is 0.119. The standard InChI is InChI=1S/C9H14N2O2S/c1-2-14-7-3-5-11-6-4-8(10-11)9(12)13/h4,6H,2-3,5,7H2,1H3,(H,12,13). The van der Waals surface area contributed by atoms with Gasteiger partial charge in [0.05, 0.1) is 0 Å². The summed E-state index contributed by atoms with van der Waals surface area (Å²) in [5.41, 5.74) is 0.119. The number of hydrogen-bond donors (Lipinski definition) is 1. The summed E-state index contributed by atoms with van der Waals surface area (Å²) >= 11 is 1.88. The highest BCUT2D eigenvalue weighted by Crippen LogP contribution is 2.03. The summed E-state index contributed by atoms with van der Waals surface area (Å²) in [6.45, 7) is 2.92. The van der Waals surface area contributed by atoms with Crippen LogP contribution in [0.1, 0.15) is 23.8 Å². The van der Waals surface area contributed by atoms with E-state index in [1.54, 1.807) is 10.9 Å². The zero-order valence-corrected chi connectivity index (χ0v) is 8.96. The Morgan fingerprint density at radius 2 is 2.50 bits per heavy atom. The van der Waals surface area contributed by atoms with E-state index in [4.69, 9.17) is 5.11 Å². The van der Waals surface area contributed by atoms with Crippen molar-refractivity contribution in [3.8, 4) is 0 Å². The minimum Gasteiger partial charge on any atom is -0.476 e. The van der Waals surface area contributed by atoms with Gasteiger partial charge in [-0.25, -0.2) is 4.79 Å². The molecule has 1 N–H and O–H groups in total. The topological polar surface area (TPSA) is 55.1 Å². The fourth-order valence-electron chi connectivity index (χ4n) is 1.07. The largest absolute Gasteiger partial charge is 0.476 e. The summed E-state index contributed by atoms with van der Waals surface area (Å²) in [5, 5.41) is 12.5. The number of rotatable bonds is 6. The molecular formula is C9H14N2O2S.